The molecular formula is C12H15N3S. The number of nitrogens with one attached hydrogen (secondary N) is 1. The van der Waals surface area contributed by atoms with Crippen LogP contribution in [0.15, 0.2) is 36.1 Å². The molecule has 0 radical (unpaired) electrons. The predicted octanol–water partition coefficient (Wildman–Crippen LogP) is 2.43. The van der Waals surface area contributed by atoms with Gasteiger partial charge in [0, 0.05) is 36.4 Å². The van der Waals surface area contributed by atoms with Gasteiger partial charge in [-0.1, -0.05) is 6.92 Å². The van der Waals surface area contributed by atoms with Gasteiger partial charge < -0.3 is 5.32 Å². The van der Waals surface area contributed by atoms with Crippen molar-refractivity contribution >= 4 is 11.3 Å². The van der Waals surface area contributed by atoms with Crippen LogP contribution in [-0.2, 0) is 6.42 Å². The van der Waals surface area contributed by atoms with E-state index < -0.39 is 0 Å². The average molecular weight is 233 g/mol. The van der Waals surface area contributed by atoms with Gasteiger partial charge in [0.15, 0.2) is 0 Å². The zero-order chi connectivity index (χ0) is 11.2. The maximum absolute atomic E-state index is 4.33. The Morgan fingerprint density at radius 1 is 1.31 bits per heavy atom. The average Bonchev–Trinajstić information content (AvgIpc) is 2.83. The van der Waals surface area contributed by atoms with E-state index in [1.54, 1.807) is 11.3 Å². The highest BCUT2D eigenvalue weighted by Gasteiger charge is 2.11. The van der Waals surface area contributed by atoms with Gasteiger partial charge in [0.2, 0.25) is 0 Å². The lowest BCUT2D eigenvalue weighted by Gasteiger charge is -2.16. The third-order valence-electron chi connectivity index (χ3n) is 2.42. The van der Waals surface area contributed by atoms with Crippen LogP contribution in [-0.4, -0.2) is 16.5 Å². The third kappa shape index (κ3) is 2.87. The number of nitrogens with zero attached hydrogens (tertiary/aromatic N) is 2. The normalized spacial score (nSPS) is 12.6. The monoisotopic (exact) mass is 233 g/mol. The minimum atomic E-state index is 0.333. The van der Waals surface area contributed by atoms with Gasteiger partial charge in [0.1, 0.15) is 0 Å². The van der Waals surface area contributed by atoms with Gasteiger partial charge in [-0.25, -0.2) is 4.98 Å². The number of hydrogen-bond acceptors (Lipinski definition) is 4. The van der Waals surface area contributed by atoms with Crippen molar-refractivity contribution in [1.29, 1.82) is 0 Å². The molecule has 2 heterocycles. The fourth-order valence-corrected chi connectivity index (χ4v) is 2.34. The van der Waals surface area contributed by atoms with Crippen LogP contribution >= 0.6 is 11.3 Å². The summed E-state index contributed by atoms with van der Waals surface area (Å²) in [6.07, 6.45) is 6.47. The van der Waals surface area contributed by atoms with Gasteiger partial charge in [0.25, 0.3) is 0 Å². The second kappa shape index (κ2) is 5.72. The summed E-state index contributed by atoms with van der Waals surface area (Å²) in [5.74, 6) is 0. The summed E-state index contributed by atoms with van der Waals surface area (Å²) in [6, 6.07) is 4.45. The molecule has 2 aromatic heterocycles. The van der Waals surface area contributed by atoms with E-state index in [4.69, 9.17) is 0 Å². The molecule has 84 valence electrons. The second-order valence-corrected chi connectivity index (χ2v) is 4.50. The quantitative estimate of drug-likeness (QED) is 0.862. The van der Waals surface area contributed by atoms with Gasteiger partial charge in [-0.3, -0.25) is 4.98 Å². The van der Waals surface area contributed by atoms with Gasteiger partial charge in [0.05, 0.1) is 5.01 Å². The summed E-state index contributed by atoms with van der Waals surface area (Å²) >= 11 is 1.71. The number of thiazole rings is 1. The van der Waals surface area contributed by atoms with Crippen LogP contribution < -0.4 is 5.32 Å². The number of aromatic nitrogens is 2. The van der Waals surface area contributed by atoms with Crippen molar-refractivity contribution in [3.05, 3.63) is 46.7 Å². The fraction of sp³-hybridized carbons (Fsp3) is 0.333. The van der Waals surface area contributed by atoms with Gasteiger partial charge in [-0.2, -0.15) is 0 Å². The van der Waals surface area contributed by atoms with Crippen LogP contribution in [0.25, 0.3) is 0 Å². The number of pyridine rings is 1. The summed E-state index contributed by atoms with van der Waals surface area (Å²) in [5.41, 5.74) is 1.27. The Balaban J connectivity index is 2.11. The van der Waals surface area contributed by atoms with Crippen LogP contribution in [0.3, 0.4) is 0 Å². The van der Waals surface area contributed by atoms with Crippen molar-refractivity contribution in [3.63, 3.8) is 0 Å². The van der Waals surface area contributed by atoms with E-state index >= 15 is 0 Å². The molecule has 16 heavy (non-hydrogen) atoms. The molecule has 1 unspecified atom stereocenters. The number of hydrogen-bond donors (Lipinski definition) is 1. The minimum absolute atomic E-state index is 0.333. The molecule has 0 saturated heterocycles. The topological polar surface area (TPSA) is 37.8 Å². The molecule has 1 N–H and O–H groups in total. The first-order valence-corrected chi connectivity index (χ1v) is 6.29. The first-order chi connectivity index (χ1) is 7.90. The lowest BCUT2D eigenvalue weighted by molar-refractivity contribution is 0.548. The summed E-state index contributed by atoms with van der Waals surface area (Å²) in [6.45, 7) is 3.08. The number of likely N-dealkylation sites (N-methyl/N-ethyl adjacent to an activating group) is 1. The molecule has 4 heteroatoms. The van der Waals surface area contributed by atoms with Gasteiger partial charge in [-0.05, 0) is 24.2 Å². The zero-order valence-electron chi connectivity index (χ0n) is 9.26. The SMILES string of the molecule is CCNC(Cc1nccs1)c1ccncc1. The van der Waals surface area contributed by atoms with E-state index in [1.165, 1.54) is 10.6 Å². The van der Waals surface area contributed by atoms with E-state index in [9.17, 15) is 0 Å². The first kappa shape index (κ1) is 11.2. The molecule has 0 saturated carbocycles. The van der Waals surface area contributed by atoms with Gasteiger partial charge in [-0.15, -0.1) is 11.3 Å². The second-order valence-electron chi connectivity index (χ2n) is 3.52. The molecule has 2 aromatic rings. The molecule has 0 bridgehead atoms. The molecule has 0 aliphatic carbocycles. The molecule has 2 rings (SSSR count). The maximum Gasteiger partial charge on any atom is 0.0943 e. The van der Waals surface area contributed by atoms with Crippen molar-refractivity contribution in [2.75, 3.05) is 6.54 Å². The van der Waals surface area contributed by atoms with Crippen molar-refractivity contribution < 1.29 is 0 Å². The molecule has 0 aliphatic rings. The Hall–Kier alpha value is -1.26. The van der Waals surface area contributed by atoms with Crippen LogP contribution in [0.5, 0.6) is 0 Å². The maximum atomic E-state index is 4.33. The van der Waals surface area contributed by atoms with Crippen LogP contribution in [0, 0.1) is 0 Å². The lowest BCUT2D eigenvalue weighted by Crippen LogP contribution is -2.22. The Kier molecular flexibility index (Phi) is 4.02. The Bertz CT molecular complexity index is 399. The summed E-state index contributed by atoms with van der Waals surface area (Å²) < 4.78 is 0. The standard InChI is InChI=1S/C12H15N3S/c1-2-14-11(9-12-15-7-8-16-12)10-3-5-13-6-4-10/h3-8,11,14H,2,9H2,1H3. The van der Waals surface area contributed by atoms with Crippen LogP contribution in [0.1, 0.15) is 23.5 Å². The molecule has 0 fully saturated rings. The van der Waals surface area contributed by atoms with Crippen molar-refractivity contribution in [2.24, 2.45) is 0 Å². The Morgan fingerprint density at radius 2 is 2.12 bits per heavy atom. The smallest absolute Gasteiger partial charge is 0.0943 e. The molecule has 0 spiro atoms. The highest BCUT2D eigenvalue weighted by atomic mass is 32.1. The van der Waals surface area contributed by atoms with Crippen molar-refractivity contribution in [1.82, 2.24) is 15.3 Å². The molecule has 3 nitrogen and oxygen atoms in total. The van der Waals surface area contributed by atoms with E-state index in [0.717, 1.165) is 13.0 Å². The Labute approximate surface area is 99.6 Å². The molecule has 0 amide bonds. The van der Waals surface area contributed by atoms with E-state index in [1.807, 2.05) is 24.0 Å². The highest BCUT2D eigenvalue weighted by molar-refractivity contribution is 7.09. The van der Waals surface area contributed by atoms with Crippen LogP contribution in [0.4, 0.5) is 0 Å². The summed E-state index contributed by atoms with van der Waals surface area (Å²) in [7, 11) is 0. The van der Waals surface area contributed by atoms with Crippen LogP contribution in [0.2, 0.25) is 0 Å². The largest absolute Gasteiger partial charge is 0.310 e. The zero-order valence-corrected chi connectivity index (χ0v) is 10.1. The molecular weight excluding hydrogens is 218 g/mol. The number of rotatable bonds is 5. The third-order valence-corrected chi connectivity index (χ3v) is 3.22. The minimum Gasteiger partial charge on any atom is -0.310 e. The van der Waals surface area contributed by atoms with Crippen molar-refractivity contribution in [3.8, 4) is 0 Å². The summed E-state index contributed by atoms with van der Waals surface area (Å²) in [4.78, 5) is 8.37. The van der Waals surface area contributed by atoms with Gasteiger partial charge >= 0.3 is 0 Å². The predicted molar refractivity (Wildman–Crippen MR) is 66.5 cm³/mol. The van der Waals surface area contributed by atoms with E-state index in [2.05, 4.69) is 34.3 Å². The van der Waals surface area contributed by atoms with Crippen molar-refractivity contribution in [2.45, 2.75) is 19.4 Å². The molecule has 1 atom stereocenters. The fourth-order valence-electron chi connectivity index (χ4n) is 1.68. The van der Waals surface area contributed by atoms with E-state index in [0.29, 0.717) is 6.04 Å². The molecule has 0 aromatic carbocycles. The Morgan fingerprint density at radius 3 is 2.75 bits per heavy atom. The highest BCUT2D eigenvalue weighted by Crippen LogP contribution is 2.18. The lowest BCUT2D eigenvalue weighted by atomic mass is 10.1. The van der Waals surface area contributed by atoms with E-state index in [-0.39, 0.29) is 0 Å². The first-order valence-electron chi connectivity index (χ1n) is 5.42. The molecule has 0 aliphatic heterocycles. The summed E-state index contributed by atoms with van der Waals surface area (Å²) in [5, 5.41) is 6.66.